The molecule has 74 heavy (non-hydrogen) atoms. The second kappa shape index (κ2) is 40.3. The number of nitrogens with one attached hydrogen (secondary N) is 1. The number of Topliss-reactive ketones (excluding diaryl/α,β-unsaturated/α-hetero) is 1. The second-order valence-corrected chi connectivity index (χ2v) is 17.6. The topological polar surface area (TPSA) is 203 Å². The largest absolute Gasteiger partial charge is 0.390 e. The molecule has 2 rings (SSSR count). The third-order valence-electron chi connectivity index (χ3n) is 10.7. The van der Waals surface area contributed by atoms with Crippen molar-refractivity contribution < 1.29 is 54.2 Å². The molecule has 2 heterocycles. The smallest absolute Gasteiger partial charge is 0.297 e. The van der Waals surface area contributed by atoms with Crippen LogP contribution in [0.15, 0.2) is 11.0 Å². The Morgan fingerprint density at radius 1 is 0.662 bits per heavy atom. The lowest BCUT2D eigenvalue weighted by Crippen LogP contribution is -2.60. The predicted molar refractivity (Wildman–Crippen MR) is 283 cm³/mol. The minimum atomic E-state index is -1.78. The molecule has 1 saturated heterocycles. The minimum absolute atomic E-state index is 0.00634. The highest BCUT2D eigenvalue weighted by Crippen LogP contribution is 2.30. The van der Waals surface area contributed by atoms with Gasteiger partial charge in [0.05, 0.1) is 29.8 Å². The number of aliphatic hydroxyl groups is 5. The van der Waals surface area contributed by atoms with Crippen LogP contribution in [0.2, 0.25) is 0 Å². The molecule has 6 N–H and O–H groups in total. The van der Waals surface area contributed by atoms with Crippen molar-refractivity contribution in [2.45, 2.75) is 172 Å². The van der Waals surface area contributed by atoms with Crippen molar-refractivity contribution in [3.63, 3.8) is 0 Å². The van der Waals surface area contributed by atoms with Gasteiger partial charge in [-0.25, -0.2) is 0 Å². The molecule has 384 valence electrons. The van der Waals surface area contributed by atoms with Crippen LogP contribution in [0.25, 0.3) is 0 Å². The number of ketones is 1. The zero-order chi connectivity index (χ0) is 54.0. The molecule has 0 aromatic heterocycles. The lowest BCUT2D eigenvalue weighted by Gasteiger charge is -2.41. The zero-order valence-electron chi connectivity index (χ0n) is 42.2. The van der Waals surface area contributed by atoms with Crippen LogP contribution in [0.5, 0.6) is 0 Å². The maximum absolute atomic E-state index is 13.0. The summed E-state index contributed by atoms with van der Waals surface area (Å²) in [4.78, 5) is 50.9. The average molecular weight is 1020 g/mol. The number of imide groups is 1. The van der Waals surface area contributed by atoms with Gasteiger partial charge in [0.25, 0.3) is 17.7 Å². The van der Waals surface area contributed by atoms with Crippen LogP contribution < -0.4 is 5.32 Å². The van der Waals surface area contributed by atoms with Crippen LogP contribution in [-0.4, -0.2) is 122 Å². The maximum Gasteiger partial charge on any atom is 0.297 e. The van der Waals surface area contributed by atoms with Crippen molar-refractivity contribution >= 4 is 35.3 Å². The van der Waals surface area contributed by atoms with Gasteiger partial charge in [-0.3, -0.25) is 19.3 Å². The summed E-state index contributed by atoms with van der Waals surface area (Å²) in [6.07, 6.45) is 5.22. The van der Waals surface area contributed by atoms with E-state index in [2.05, 4.69) is 154 Å². The molecule has 0 aromatic rings. The van der Waals surface area contributed by atoms with E-state index in [1.807, 2.05) is 0 Å². The number of nitrogens with zero attached hydrogens (tertiary/aromatic N) is 1. The summed E-state index contributed by atoms with van der Waals surface area (Å²) in [6.45, 7) is 4.93. The lowest BCUT2D eigenvalue weighted by molar-refractivity contribution is -0.294. The van der Waals surface area contributed by atoms with E-state index in [4.69, 9.17) is 9.47 Å². The summed E-state index contributed by atoms with van der Waals surface area (Å²) in [5.41, 5.74) is 0. The van der Waals surface area contributed by atoms with E-state index in [0.29, 0.717) is 25.7 Å². The summed E-state index contributed by atoms with van der Waals surface area (Å²) in [5.74, 6) is 57.3. The van der Waals surface area contributed by atoms with Crippen LogP contribution in [0, 0.1) is 142 Å². The molecule has 3 amide bonds. The summed E-state index contributed by atoms with van der Waals surface area (Å²) < 4.78 is 11.6. The van der Waals surface area contributed by atoms with Crippen LogP contribution >= 0.6 is 11.8 Å². The van der Waals surface area contributed by atoms with Gasteiger partial charge in [-0.1, -0.05) is 89.9 Å². The van der Waals surface area contributed by atoms with E-state index < -0.39 is 73.3 Å². The Kier molecular flexibility index (Phi) is 34.3. The minimum Gasteiger partial charge on any atom is -0.390 e. The third-order valence-corrected chi connectivity index (χ3v) is 11.8. The molecule has 0 bridgehead atoms. The van der Waals surface area contributed by atoms with Gasteiger partial charge >= 0.3 is 0 Å². The molecule has 14 heteroatoms. The molecule has 13 nitrogen and oxygen atoms in total. The van der Waals surface area contributed by atoms with Crippen molar-refractivity contribution in [1.29, 1.82) is 0 Å². The standard InChI is InChI=1S/C60H62N2O11S/c1-4-6-8-10-12-14-16-18-19-20-21-22-23-24-25-26-27-28-30-32-34-36-38-43-53(65)61-49(55(67)50(64)42-37-35-33-31-29-17-15-13-11-9-7-5-2)46-72-60-58(70)57(69)56(68)51(73-60)47-74-52-45-54(66)62(59(52)71)44-40-39-41-48(3)63/h45,49-51,55-58,60,64,67-70H,5,7,9,11,13,15,17,29,31,33,35,37,39-42,44,46-47H2,1-3H3,(H,61,65)/t49-,50+,51?,55-,56-,57-,58?,60-/m0/s1. The number of unbranched alkanes of at least 4 members (excludes halogenated alkanes) is 12. The summed E-state index contributed by atoms with van der Waals surface area (Å²) >= 11 is 0.908. The van der Waals surface area contributed by atoms with Crippen molar-refractivity contribution in [2.75, 3.05) is 18.9 Å². The maximum atomic E-state index is 13.0. The number of carbonyl (C=O) groups is 4. The Bertz CT molecular complexity index is 2750. The van der Waals surface area contributed by atoms with Gasteiger partial charge in [-0.15, -0.1) is 11.8 Å². The van der Waals surface area contributed by atoms with Gasteiger partial charge in [0.1, 0.15) is 30.2 Å². The van der Waals surface area contributed by atoms with Gasteiger partial charge in [0, 0.05) is 66.2 Å². The molecule has 0 spiro atoms. The molecule has 0 radical (unpaired) electrons. The quantitative estimate of drug-likeness (QED) is 0.0400. The number of thioether (sulfide) groups is 1. The van der Waals surface area contributed by atoms with E-state index in [1.165, 1.54) is 51.9 Å². The molecule has 2 unspecified atom stereocenters. The summed E-state index contributed by atoms with van der Waals surface area (Å²) in [6, 6.07) is -1.30. The van der Waals surface area contributed by atoms with Crippen molar-refractivity contribution in [2.24, 2.45) is 0 Å². The van der Waals surface area contributed by atoms with Gasteiger partial charge in [0.2, 0.25) is 0 Å². The second-order valence-electron chi connectivity index (χ2n) is 16.6. The van der Waals surface area contributed by atoms with Crippen LogP contribution in [0.1, 0.15) is 124 Å². The SMILES string of the molecule is CC#CC#CC#CC#CC#CC#CC#CC#CC#CC#CC#CC#CC(=O)N[C@@H](CO[C@H]1OC(CSC2=CC(=O)N(CCCCC(C)=O)C2=O)[C@H](O)[C@H](O)C1O)[C@H](O)[C@H](O)CCCCCCCCCCCCCC. The van der Waals surface area contributed by atoms with Gasteiger partial charge < -0.3 is 45.1 Å². The summed E-state index contributed by atoms with van der Waals surface area (Å²) in [5, 5.41) is 57.2. The summed E-state index contributed by atoms with van der Waals surface area (Å²) in [7, 11) is 0. The molecular formula is C60H62N2O11S. The molecule has 0 saturated carbocycles. The first-order valence-corrected chi connectivity index (χ1v) is 25.5. The van der Waals surface area contributed by atoms with Crippen LogP contribution in [0.3, 0.4) is 0 Å². The van der Waals surface area contributed by atoms with Crippen molar-refractivity contribution in [3.05, 3.63) is 11.0 Å². The first kappa shape index (κ1) is 62.9. The van der Waals surface area contributed by atoms with Gasteiger partial charge in [-0.2, -0.15) is 0 Å². The van der Waals surface area contributed by atoms with E-state index in [9.17, 15) is 44.7 Å². The number of hydrogen-bond acceptors (Lipinski definition) is 12. The first-order chi connectivity index (χ1) is 35.9. The fourth-order valence-electron chi connectivity index (χ4n) is 6.85. The number of rotatable bonds is 27. The highest BCUT2D eigenvalue weighted by Gasteiger charge is 2.45. The molecule has 0 aliphatic carbocycles. The predicted octanol–water partition coefficient (Wildman–Crippen LogP) is 2.91. The molecule has 2 aliphatic rings. The highest BCUT2D eigenvalue weighted by atomic mass is 32.2. The Morgan fingerprint density at radius 2 is 1.14 bits per heavy atom. The average Bonchev–Trinajstić information content (AvgIpc) is 3.66. The van der Waals surface area contributed by atoms with Crippen molar-refractivity contribution in [1.82, 2.24) is 10.2 Å². The van der Waals surface area contributed by atoms with Crippen LogP contribution in [0.4, 0.5) is 0 Å². The number of ether oxygens (including phenoxy) is 2. The molecular weight excluding hydrogens is 957 g/mol. The molecule has 8 atom stereocenters. The Hall–Kier alpha value is -7.19. The number of carbonyl (C=O) groups excluding carboxylic acids is 4. The third kappa shape index (κ3) is 28.2. The van der Waals surface area contributed by atoms with E-state index in [1.54, 1.807) is 6.92 Å². The van der Waals surface area contributed by atoms with Gasteiger partial charge in [-0.05, 0) is 128 Å². The normalized spacial score (nSPS) is 17.7. The zero-order valence-corrected chi connectivity index (χ0v) is 43.0. The van der Waals surface area contributed by atoms with Crippen molar-refractivity contribution in [3.8, 4) is 142 Å². The van der Waals surface area contributed by atoms with E-state index in [-0.39, 0.29) is 29.4 Å². The number of hydrogen-bond donors (Lipinski definition) is 6. The molecule has 0 aromatic carbocycles. The van der Waals surface area contributed by atoms with Gasteiger partial charge in [0.15, 0.2) is 6.29 Å². The van der Waals surface area contributed by atoms with Crippen LogP contribution in [-0.2, 0) is 28.7 Å². The molecule has 2 aliphatic heterocycles. The van der Waals surface area contributed by atoms with E-state index in [0.717, 1.165) is 48.4 Å². The Balaban J connectivity index is 2.05. The Morgan fingerprint density at radius 3 is 1.62 bits per heavy atom. The highest BCUT2D eigenvalue weighted by molar-refractivity contribution is 8.04. The lowest BCUT2D eigenvalue weighted by atomic mass is 9.98. The fourth-order valence-corrected chi connectivity index (χ4v) is 7.88. The Labute approximate surface area is 442 Å². The number of aliphatic hydroxyl groups excluding tert-OH is 5. The molecule has 1 fully saturated rings. The van der Waals surface area contributed by atoms with E-state index >= 15 is 0 Å². The monoisotopic (exact) mass is 1020 g/mol. The first-order valence-electron chi connectivity index (χ1n) is 24.5. The fraction of sp³-hybridized carbons (Fsp3) is 0.500. The number of amides is 3.